The number of phenols is 1. The summed E-state index contributed by atoms with van der Waals surface area (Å²) in [6.45, 7) is 4.09. The summed E-state index contributed by atoms with van der Waals surface area (Å²) in [4.78, 5) is 22.9. The van der Waals surface area contributed by atoms with Gasteiger partial charge in [0.25, 0.3) is 0 Å². The summed E-state index contributed by atoms with van der Waals surface area (Å²) >= 11 is 0. The molecule has 104 valence electrons. The number of carbonyl (C=O) groups is 2. The zero-order valence-electron chi connectivity index (χ0n) is 11.5. The first-order chi connectivity index (χ1) is 9.02. The third-order valence-electron chi connectivity index (χ3n) is 3.18. The van der Waals surface area contributed by atoms with Crippen LogP contribution < -0.4 is 5.32 Å². The quantitative estimate of drug-likeness (QED) is 0.791. The summed E-state index contributed by atoms with van der Waals surface area (Å²) in [5, 5.41) is 12.0. The fourth-order valence-corrected chi connectivity index (χ4v) is 1.94. The summed E-state index contributed by atoms with van der Waals surface area (Å²) in [7, 11) is 0. The lowest BCUT2D eigenvalue weighted by Crippen LogP contribution is -2.28. The smallest absolute Gasteiger partial charge is 0.224 e. The maximum absolute atomic E-state index is 11.7. The Balaban J connectivity index is 2.32. The highest BCUT2D eigenvalue weighted by Crippen LogP contribution is 2.10. The number of benzene rings is 1. The Morgan fingerprint density at radius 2 is 1.89 bits per heavy atom. The highest BCUT2D eigenvalue weighted by Gasteiger charge is 2.11. The molecule has 0 fully saturated rings. The van der Waals surface area contributed by atoms with Gasteiger partial charge in [0, 0.05) is 12.5 Å². The molecule has 0 aliphatic heterocycles. The van der Waals surface area contributed by atoms with Gasteiger partial charge in [-0.3, -0.25) is 9.59 Å². The lowest BCUT2D eigenvalue weighted by Gasteiger charge is -2.11. The van der Waals surface area contributed by atoms with Crippen molar-refractivity contribution in [1.29, 1.82) is 0 Å². The normalized spacial score (nSPS) is 11.9. The highest BCUT2D eigenvalue weighted by molar-refractivity contribution is 5.79. The van der Waals surface area contributed by atoms with E-state index >= 15 is 0 Å². The Kier molecular flexibility index (Phi) is 6.06. The Morgan fingerprint density at radius 3 is 2.42 bits per heavy atom. The minimum atomic E-state index is -0.0657. The van der Waals surface area contributed by atoms with Crippen LogP contribution in [0.5, 0.6) is 5.75 Å². The van der Waals surface area contributed by atoms with Crippen LogP contribution in [0.3, 0.4) is 0 Å². The molecule has 1 rings (SSSR count). The molecule has 0 aromatic heterocycles. The lowest BCUT2D eigenvalue weighted by atomic mass is 9.98. The van der Waals surface area contributed by atoms with Gasteiger partial charge in [-0.05, 0) is 37.5 Å². The van der Waals surface area contributed by atoms with Crippen LogP contribution in [0.2, 0.25) is 0 Å². The van der Waals surface area contributed by atoms with E-state index in [0.717, 1.165) is 12.0 Å². The monoisotopic (exact) mass is 263 g/mol. The molecule has 1 unspecified atom stereocenters. The van der Waals surface area contributed by atoms with E-state index in [1.165, 1.54) is 0 Å². The number of aromatic hydroxyl groups is 1. The van der Waals surface area contributed by atoms with E-state index in [1.54, 1.807) is 31.2 Å². The van der Waals surface area contributed by atoms with Crippen LogP contribution in [0.25, 0.3) is 0 Å². The van der Waals surface area contributed by atoms with Crippen LogP contribution in [0.4, 0.5) is 0 Å². The zero-order chi connectivity index (χ0) is 14.3. The molecule has 1 amide bonds. The molecule has 4 nitrogen and oxygen atoms in total. The SMILES string of the molecule is CCC(CCNC(=O)Cc1ccc(O)cc1)C(C)=O. The van der Waals surface area contributed by atoms with Crippen LogP contribution in [0, 0.1) is 5.92 Å². The molecule has 1 aromatic carbocycles. The van der Waals surface area contributed by atoms with Crippen molar-refractivity contribution in [3.8, 4) is 5.75 Å². The average molecular weight is 263 g/mol. The Labute approximate surface area is 113 Å². The topological polar surface area (TPSA) is 66.4 Å². The number of hydrogen-bond donors (Lipinski definition) is 2. The van der Waals surface area contributed by atoms with E-state index in [9.17, 15) is 9.59 Å². The fourth-order valence-electron chi connectivity index (χ4n) is 1.94. The molecule has 1 atom stereocenters. The lowest BCUT2D eigenvalue weighted by molar-refractivity contribution is -0.122. The molecule has 0 saturated heterocycles. The largest absolute Gasteiger partial charge is 0.508 e. The van der Waals surface area contributed by atoms with Crippen LogP contribution in [0.1, 0.15) is 32.3 Å². The molecule has 2 N–H and O–H groups in total. The van der Waals surface area contributed by atoms with E-state index < -0.39 is 0 Å². The first-order valence-electron chi connectivity index (χ1n) is 6.58. The second-order valence-electron chi connectivity index (χ2n) is 4.70. The van der Waals surface area contributed by atoms with Gasteiger partial charge in [-0.15, -0.1) is 0 Å². The molecule has 0 spiro atoms. The van der Waals surface area contributed by atoms with Gasteiger partial charge in [0.1, 0.15) is 11.5 Å². The zero-order valence-corrected chi connectivity index (χ0v) is 11.5. The van der Waals surface area contributed by atoms with Crippen molar-refractivity contribution in [2.75, 3.05) is 6.54 Å². The number of amides is 1. The van der Waals surface area contributed by atoms with E-state index in [2.05, 4.69) is 5.32 Å². The predicted octanol–water partition coefficient (Wildman–Crippen LogP) is 2.06. The van der Waals surface area contributed by atoms with E-state index in [0.29, 0.717) is 13.0 Å². The third-order valence-corrected chi connectivity index (χ3v) is 3.18. The third kappa shape index (κ3) is 5.55. The standard InChI is InChI=1S/C15H21NO3/c1-3-13(11(2)17)8-9-16-15(19)10-12-4-6-14(18)7-5-12/h4-7,13,18H,3,8-10H2,1-2H3,(H,16,19). The maximum atomic E-state index is 11.7. The van der Waals surface area contributed by atoms with E-state index in [-0.39, 0.29) is 29.8 Å². The second-order valence-corrected chi connectivity index (χ2v) is 4.70. The van der Waals surface area contributed by atoms with Gasteiger partial charge in [0.05, 0.1) is 6.42 Å². The van der Waals surface area contributed by atoms with Gasteiger partial charge in [0.15, 0.2) is 0 Å². The molecule has 0 aliphatic carbocycles. The van der Waals surface area contributed by atoms with Crippen LogP contribution in [0.15, 0.2) is 24.3 Å². The molecule has 0 aliphatic rings. The van der Waals surface area contributed by atoms with Gasteiger partial charge in [-0.1, -0.05) is 19.1 Å². The van der Waals surface area contributed by atoms with Crippen LogP contribution in [-0.2, 0) is 16.0 Å². The number of rotatable bonds is 7. The summed E-state index contributed by atoms with van der Waals surface area (Å²) in [5.41, 5.74) is 0.855. The van der Waals surface area contributed by atoms with E-state index in [4.69, 9.17) is 5.11 Å². The van der Waals surface area contributed by atoms with Crippen molar-refractivity contribution in [3.63, 3.8) is 0 Å². The minimum absolute atomic E-state index is 0.0361. The van der Waals surface area contributed by atoms with Crippen molar-refractivity contribution in [2.45, 2.75) is 33.1 Å². The number of phenolic OH excluding ortho intramolecular Hbond substituents is 1. The first-order valence-corrected chi connectivity index (χ1v) is 6.58. The number of nitrogens with one attached hydrogen (secondary N) is 1. The van der Waals surface area contributed by atoms with Crippen LogP contribution in [-0.4, -0.2) is 23.3 Å². The number of Topliss-reactive ketones (excluding diaryl/α,β-unsaturated/α-hetero) is 1. The molecule has 19 heavy (non-hydrogen) atoms. The number of ketones is 1. The van der Waals surface area contributed by atoms with Crippen molar-refractivity contribution < 1.29 is 14.7 Å². The van der Waals surface area contributed by atoms with Crippen molar-refractivity contribution in [1.82, 2.24) is 5.32 Å². The highest BCUT2D eigenvalue weighted by atomic mass is 16.3. The Hall–Kier alpha value is -1.84. The molecular formula is C15H21NO3. The van der Waals surface area contributed by atoms with Gasteiger partial charge in [-0.2, -0.15) is 0 Å². The molecule has 1 aromatic rings. The van der Waals surface area contributed by atoms with Gasteiger partial charge in [-0.25, -0.2) is 0 Å². The second kappa shape index (κ2) is 7.56. The molecule has 0 heterocycles. The van der Waals surface area contributed by atoms with Crippen LogP contribution >= 0.6 is 0 Å². The van der Waals surface area contributed by atoms with Gasteiger partial charge in [0.2, 0.25) is 5.91 Å². The molecule has 0 radical (unpaired) electrons. The number of hydrogen-bond acceptors (Lipinski definition) is 3. The van der Waals surface area contributed by atoms with Gasteiger partial charge < -0.3 is 10.4 Å². The fraction of sp³-hybridized carbons (Fsp3) is 0.467. The summed E-state index contributed by atoms with van der Waals surface area (Å²) in [5.74, 6) is 0.338. The maximum Gasteiger partial charge on any atom is 0.224 e. The van der Waals surface area contributed by atoms with Crippen molar-refractivity contribution in [2.24, 2.45) is 5.92 Å². The Morgan fingerprint density at radius 1 is 1.26 bits per heavy atom. The molecule has 4 heteroatoms. The minimum Gasteiger partial charge on any atom is -0.508 e. The van der Waals surface area contributed by atoms with Gasteiger partial charge >= 0.3 is 0 Å². The molecule has 0 bridgehead atoms. The predicted molar refractivity (Wildman–Crippen MR) is 73.9 cm³/mol. The average Bonchev–Trinajstić information content (AvgIpc) is 2.37. The Bertz CT molecular complexity index is 426. The van der Waals surface area contributed by atoms with Crippen molar-refractivity contribution in [3.05, 3.63) is 29.8 Å². The summed E-state index contributed by atoms with van der Waals surface area (Å²) < 4.78 is 0. The molecule has 0 saturated carbocycles. The summed E-state index contributed by atoms with van der Waals surface area (Å²) in [6, 6.07) is 6.57. The van der Waals surface area contributed by atoms with Crippen molar-refractivity contribution >= 4 is 11.7 Å². The summed E-state index contributed by atoms with van der Waals surface area (Å²) in [6.07, 6.45) is 1.79. The molecular weight excluding hydrogens is 242 g/mol. The first kappa shape index (κ1) is 15.2. The van der Waals surface area contributed by atoms with E-state index in [1.807, 2.05) is 6.92 Å². The number of carbonyl (C=O) groups excluding carboxylic acids is 2.